The van der Waals surface area contributed by atoms with Crippen LogP contribution in [0.3, 0.4) is 0 Å². The highest BCUT2D eigenvalue weighted by atomic mass is 16.4. The van der Waals surface area contributed by atoms with Gasteiger partial charge in [-0.2, -0.15) is 0 Å². The summed E-state index contributed by atoms with van der Waals surface area (Å²) in [4.78, 5) is 67.2. The average Bonchev–Trinajstić information content (AvgIpc) is 3.31. The minimum absolute atomic E-state index is 0.0842. The Kier molecular flexibility index (Phi) is 9.71. The highest BCUT2D eigenvalue weighted by molar-refractivity contribution is 5.95. The monoisotopic (exact) mass is 473 g/mol. The Bertz CT molecular complexity index is 996. The maximum absolute atomic E-state index is 12.9. The number of amides is 4. The van der Waals surface area contributed by atoms with Crippen LogP contribution in [0.25, 0.3) is 0 Å². The fourth-order valence-electron chi connectivity index (χ4n) is 3.08. The van der Waals surface area contributed by atoms with Crippen molar-refractivity contribution in [2.45, 2.75) is 37.4 Å². The van der Waals surface area contributed by atoms with Crippen LogP contribution in [-0.4, -0.2) is 69.3 Å². The molecule has 0 bridgehead atoms. The molecule has 182 valence electrons. The van der Waals surface area contributed by atoms with Crippen molar-refractivity contribution in [3.05, 3.63) is 54.1 Å². The van der Waals surface area contributed by atoms with Gasteiger partial charge in [0.15, 0.2) is 0 Å². The number of nitrogens with zero attached hydrogens (tertiary/aromatic N) is 1. The second-order valence-electron chi connectivity index (χ2n) is 7.43. The van der Waals surface area contributed by atoms with E-state index in [9.17, 15) is 29.1 Å². The zero-order valence-corrected chi connectivity index (χ0v) is 18.2. The van der Waals surface area contributed by atoms with Gasteiger partial charge in [0, 0.05) is 24.7 Å². The standard InChI is InChI=1S/C21H27N7O6/c22-9-18(30)26-14(6-12-4-2-1-3-5-12)19(31)27-15(8-17(23)29)20(32)28-16(21(33)34)7-13-10-24-11-25-13/h1-5,10-11,14-16H,6-9,22H2,(H2,23,29)(H,24,25)(H,26,30)(H,27,31)(H,28,32)(H,33,34). The lowest BCUT2D eigenvalue weighted by atomic mass is 10.0. The molecule has 0 aliphatic heterocycles. The van der Waals surface area contributed by atoms with E-state index in [4.69, 9.17) is 11.5 Å². The van der Waals surface area contributed by atoms with Gasteiger partial charge in [0.2, 0.25) is 23.6 Å². The van der Waals surface area contributed by atoms with Crippen LogP contribution in [0.2, 0.25) is 0 Å². The zero-order chi connectivity index (χ0) is 25.1. The van der Waals surface area contributed by atoms with Gasteiger partial charge in [-0.15, -0.1) is 0 Å². The second-order valence-corrected chi connectivity index (χ2v) is 7.43. The van der Waals surface area contributed by atoms with Crippen LogP contribution in [0.1, 0.15) is 17.7 Å². The molecule has 13 heteroatoms. The van der Waals surface area contributed by atoms with Crippen molar-refractivity contribution in [3.8, 4) is 0 Å². The Balaban J connectivity index is 2.16. The maximum atomic E-state index is 12.9. The third kappa shape index (κ3) is 8.35. The Morgan fingerprint density at radius 1 is 0.941 bits per heavy atom. The number of carboxylic acid groups (broad SMARTS) is 1. The fraction of sp³-hybridized carbons (Fsp3) is 0.333. The highest BCUT2D eigenvalue weighted by Crippen LogP contribution is 2.06. The first-order valence-corrected chi connectivity index (χ1v) is 10.3. The van der Waals surface area contributed by atoms with Crippen LogP contribution in [0.5, 0.6) is 0 Å². The number of benzene rings is 1. The Hall–Kier alpha value is -4.26. The molecule has 0 aliphatic carbocycles. The van der Waals surface area contributed by atoms with Crippen LogP contribution in [0, 0.1) is 0 Å². The summed E-state index contributed by atoms with van der Waals surface area (Å²) < 4.78 is 0. The van der Waals surface area contributed by atoms with E-state index < -0.39 is 54.1 Å². The van der Waals surface area contributed by atoms with E-state index in [1.165, 1.54) is 12.5 Å². The van der Waals surface area contributed by atoms with Crippen molar-refractivity contribution in [3.63, 3.8) is 0 Å². The number of aromatic nitrogens is 2. The van der Waals surface area contributed by atoms with Crippen molar-refractivity contribution in [2.24, 2.45) is 11.5 Å². The lowest BCUT2D eigenvalue weighted by molar-refractivity contribution is -0.142. The summed E-state index contributed by atoms with van der Waals surface area (Å²) in [7, 11) is 0. The number of rotatable bonds is 13. The van der Waals surface area contributed by atoms with Crippen LogP contribution in [-0.2, 0) is 36.8 Å². The smallest absolute Gasteiger partial charge is 0.326 e. The normalized spacial score (nSPS) is 13.2. The van der Waals surface area contributed by atoms with E-state index >= 15 is 0 Å². The lowest BCUT2D eigenvalue weighted by Crippen LogP contribution is -2.57. The first kappa shape index (κ1) is 26.0. The quantitative estimate of drug-likeness (QED) is 0.165. The minimum atomic E-state index is -1.47. The molecule has 2 rings (SSSR count). The summed E-state index contributed by atoms with van der Waals surface area (Å²) >= 11 is 0. The number of hydrogen-bond donors (Lipinski definition) is 7. The summed E-state index contributed by atoms with van der Waals surface area (Å²) in [6.07, 6.45) is 2.15. The molecule has 3 atom stereocenters. The number of nitrogens with two attached hydrogens (primary N) is 2. The number of imidazole rings is 1. The van der Waals surface area contributed by atoms with Crippen LogP contribution in [0.4, 0.5) is 0 Å². The number of hydrogen-bond acceptors (Lipinski definition) is 7. The average molecular weight is 473 g/mol. The first-order valence-electron chi connectivity index (χ1n) is 10.3. The molecule has 13 nitrogen and oxygen atoms in total. The van der Waals surface area contributed by atoms with Gasteiger partial charge >= 0.3 is 5.97 Å². The molecule has 1 aromatic heterocycles. The number of aromatic amines is 1. The Morgan fingerprint density at radius 3 is 2.15 bits per heavy atom. The largest absolute Gasteiger partial charge is 0.480 e. The molecule has 0 aliphatic rings. The molecule has 9 N–H and O–H groups in total. The van der Waals surface area contributed by atoms with Crippen molar-refractivity contribution < 1.29 is 29.1 Å². The van der Waals surface area contributed by atoms with E-state index in [0.717, 1.165) is 5.56 Å². The number of nitrogens with one attached hydrogen (secondary N) is 4. The molecule has 34 heavy (non-hydrogen) atoms. The summed E-state index contributed by atoms with van der Waals surface area (Å²) in [5, 5.41) is 16.6. The predicted molar refractivity (Wildman–Crippen MR) is 119 cm³/mol. The lowest BCUT2D eigenvalue weighted by Gasteiger charge is -2.24. The first-order chi connectivity index (χ1) is 16.2. The van der Waals surface area contributed by atoms with Gasteiger partial charge in [-0.05, 0) is 5.56 Å². The highest BCUT2D eigenvalue weighted by Gasteiger charge is 2.31. The minimum Gasteiger partial charge on any atom is -0.480 e. The van der Waals surface area contributed by atoms with E-state index in [0.29, 0.717) is 5.69 Å². The molecule has 0 radical (unpaired) electrons. The van der Waals surface area contributed by atoms with Crippen LogP contribution in [0.15, 0.2) is 42.9 Å². The SMILES string of the molecule is NCC(=O)NC(Cc1ccccc1)C(=O)NC(CC(N)=O)C(=O)NC(Cc1cnc[nH]1)C(=O)O. The molecular weight excluding hydrogens is 446 g/mol. The van der Waals surface area contributed by atoms with Crippen molar-refractivity contribution >= 4 is 29.6 Å². The van der Waals surface area contributed by atoms with E-state index in [-0.39, 0.29) is 19.4 Å². The molecule has 0 fully saturated rings. The van der Waals surface area contributed by atoms with Gasteiger partial charge in [-0.3, -0.25) is 19.2 Å². The van der Waals surface area contributed by atoms with Gasteiger partial charge in [0.1, 0.15) is 18.1 Å². The van der Waals surface area contributed by atoms with Crippen molar-refractivity contribution in [1.29, 1.82) is 0 Å². The second kappa shape index (κ2) is 12.7. The molecule has 0 saturated heterocycles. The molecule has 2 aromatic rings. The van der Waals surface area contributed by atoms with E-state index in [1.807, 2.05) is 0 Å². The Morgan fingerprint density at radius 2 is 1.59 bits per heavy atom. The molecular formula is C21H27N7O6. The number of carbonyl (C=O) groups is 5. The van der Waals surface area contributed by atoms with Gasteiger partial charge in [-0.1, -0.05) is 30.3 Å². The van der Waals surface area contributed by atoms with Crippen LogP contribution >= 0.6 is 0 Å². The maximum Gasteiger partial charge on any atom is 0.326 e. The third-order valence-electron chi connectivity index (χ3n) is 4.75. The van der Waals surface area contributed by atoms with Gasteiger partial charge < -0.3 is 37.5 Å². The summed E-state index contributed by atoms with van der Waals surface area (Å²) in [5.41, 5.74) is 11.7. The molecule has 3 unspecified atom stereocenters. The molecule has 1 heterocycles. The Labute approximate surface area is 194 Å². The fourth-order valence-corrected chi connectivity index (χ4v) is 3.08. The summed E-state index contributed by atoms with van der Waals surface area (Å²) in [6.45, 7) is -0.363. The zero-order valence-electron chi connectivity index (χ0n) is 18.2. The van der Waals surface area contributed by atoms with Gasteiger partial charge in [0.25, 0.3) is 0 Å². The summed E-state index contributed by atoms with van der Waals surface area (Å²) in [5.74, 6) is -4.52. The number of primary amides is 1. The van der Waals surface area contributed by atoms with E-state index in [1.54, 1.807) is 30.3 Å². The number of H-pyrrole nitrogens is 1. The molecule has 1 aromatic carbocycles. The number of aliphatic carboxylic acids is 1. The molecule has 0 saturated carbocycles. The molecule has 0 spiro atoms. The third-order valence-corrected chi connectivity index (χ3v) is 4.75. The van der Waals surface area contributed by atoms with Crippen LogP contribution < -0.4 is 27.4 Å². The predicted octanol–water partition coefficient (Wildman–Crippen LogP) is -2.43. The molecule has 4 amide bonds. The van der Waals surface area contributed by atoms with E-state index in [2.05, 4.69) is 25.9 Å². The van der Waals surface area contributed by atoms with Gasteiger partial charge in [0.05, 0.1) is 19.3 Å². The van der Waals surface area contributed by atoms with Crippen molar-refractivity contribution in [1.82, 2.24) is 25.9 Å². The number of carboxylic acids is 1. The topological polar surface area (TPSA) is 222 Å². The number of carbonyl (C=O) groups excluding carboxylic acids is 4. The van der Waals surface area contributed by atoms with Gasteiger partial charge in [-0.25, -0.2) is 9.78 Å². The summed E-state index contributed by atoms with van der Waals surface area (Å²) in [6, 6.07) is 4.84. The van der Waals surface area contributed by atoms with Crippen molar-refractivity contribution in [2.75, 3.05) is 6.54 Å².